The van der Waals surface area contributed by atoms with Crippen molar-refractivity contribution < 1.29 is 12.8 Å². The van der Waals surface area contributed by atoms with Crippen molar-refractivity contribution in [2.75, 3.05) is 18.6 Å². The number of nitrogens with one attached hydrogen (secondary N) is 2. The fourth-order valence-electron chi connectivity index (χ4n) is 1.82. The molecule has 0 saturated carbocycles. The van der Waals surface area contributed by atoms with Crippen molar-refractivity contribution in [2.24, 2.45) is 4.99 Å². The molecule has 0 aromatic heterocycles. The lowest BCUT2D eigenvalue weighted by atomic mass is 10.2. The average Bonchev–Trinajstić information content (AvgIpc) is 2.42. The number of sulfone groups is 1. The van der Waals surface area contributed by atoms with Gasteiger partial charge in [-0.2, -0.15) is 0 Å². The molecule has 0 saturated heterocycles. The largest absolute Gasteiger partial charge is 0.357 e. The molecule has 0 fully saturated rings. The van der Waals surface area contributed by atoms with Crippen LogP contribution < -0.4 is 10.6 Å². The van der Waals surface area contributed by atoms with Crippen LogP contribution in [0.5, 0.6) is 0 Å². The highest BCUT2D eigenvalue weighted by Gasteiger charge is 2.09. The lowest BCUT2D eigenvalue weighted by Gasteiger charge is -2.17. The molecular weight excluding hydrogens is 432 g/mol. The molecule has 0 aliphatic heterocycles. The Morgan fingerprint density at radius 3 is 2.65 bits per heavy atom. The van der Waals surface area contributed by atoms with Crippen LogP contribution >= 0.6 is 24.0 Å². The number of benzene rings is 1. The van der Waals surface area contributed by atoms with E-state index in [1.165, 1.54) is 18.4 Å². The predicted molar refractivity (Wildman–Crippen MR) is 104 cm³/mol. The number of rotatable bonds is 7. The molecule has 23 heavy (non-hydrogen) atoms. The van der Waals surface area contributed by atoms with Crippen LogP contribution in [0.1, 0.15) is 25.8 Å². The first-order valence-corrected chi connectivity index (χ1v) is 9.33. The van der Waals surface area contributed by atoms with Gasteiger partial charge in [-0.1, -0.05) is 12.1 Å². The van der Waals surface area contributed by atoms with E-state index in [4.69, 9.17) is 0 Å². The summed E-state index contributed by atoms with van der Waals surface area (Å²) in [6, 6.07) is 6.27. The SMILES string of the molecule is CCNC(=NCc1cccc(F)c1)NC(C)CCS(C)(=O)=O.I. The molecule has 1 unspecified atom stereocenters. The average molecular weight is 457 g/mol. The summed E-state index contributed by atoms with van der Waals surface area (Å²) in [5, 5.41) is 6.25. The Bertz CT molecular complexity index is 608. The summed E-state index contributed by atoms with van der Waals surface area (Å²) in [5.74, 6) is 0.435. The smallest absolute Gasteiger partial charge is 0.191 e. The predicted octanol–water partition coefficient (Wildman–Crippen LogP) is 2.32. The van der Waals surface area contributed by atoms with E-state index in [1.54, 1.807) is 6.07 Å². The zero-order valence-electron chi connectivity index (χ0n) is 13.7. The van der Waals surface area contributed by atoms with Crippen molar-refractivity contribution in [2.45, 2.75) is 32.9 Å². The summed E-state index contributed by atoms with van der Waals surface area (Å²) >= 11 is 0. The van der Waals surface area contributed by atoms with Gasteiger partial charge < -0.3 is 10.6 Å². The van der Waals surface area contributed by atoms with E-state index >= 15 is 0 Å². The van der Waals surface area contributed by atoms with Crippen LogP contribution in [0.15, 0.2) is 29.3 Å². The molecule has 0 radical (unpaired) electrons. The Labute approximate surface area is 155 Å². The molecule has 0 amide bonds. The first-order valence-electron chi connectivity index (χ1n) is 7.27. The molecule has 132 valence electrons. The van der Waals surface area contributed by atoms with E-state index in [2.05, 4.69) is 15.6 Å². The Morgan fingerprint density at radius 1 is 1.39 bits per heavy atom. The molecule has 1 rings (SSSR count). The molecule has 0 spiro atoms. The van der Waals surface area contributed by atoms with Gasteiger partial charge in [0.1, 0.15) is 15.7 Å². The highest BCUT2D eigenvalue weighted by Crippen LogP contribution is 2.04. The van der Waals surface area contributed by atoms with E-state index in [-0.39, 0.29) is 41.6 Å². The number of hydrogen-bond acceptors (Lipinski definition) is 3. The van der Waals surface area contributed by atoms with E-state index in [0.29, 0.717) is 25.5 Å². The standard InChI is InChI=1S/C15H24FN3O2S.HI/c1-4-17-15(19-12(2)8-9-22(3,20)21)18-11-13-6-5-7-14(16)10-13;/h5-7,10,12H,4,8-9,11H2,1-3H3,(H2,17,18,19);1H. The van der Waals surface area contributed by atoms with Gasteiger partial charge in [0.2, 0.25) is 0 Å². The quantitative estimate of drug-likeness (QED) is 0.375. The molecule has 1 atom stereocenters. The maximum absolute atomic E-state index is 13.1. The van der Waals surface area contributed by atoms with Crippen LogP contribution in [-0.4, -0.2) is 39.0 Å². The minimum absolute atomic E-state index is 0. The lowest BCUT2D eigenvalue weighted by Crippen LogP contribution is -2.42. The normalized spacial score (nSPS) is 13.1. The molecule has 0 heterocycles. The molecule has 0 aliphatic rings. The van der Waals surface area contributed by atoms with Crippen LogP contribution in [0.4, 0.5) is 4.39 Å². The van der Waals surface area contributed by atoms with Crippen molar-refractivity contribution >= 4 is 39.8 Å². The molecule has 2 N–H and O–H groups in total. The third-order valence-electron chi connectivity index (χ3n) is 2.96. The number of aliphatic imine (C=N–C) groups is 1. The zero-order chi connectivity index (χ0) is 16.6. The van der Waals surface area contributed by atoms with E-state index in [0.717, 1.165) is 5.56 Å². The number of nitrogens with zero attached hydrogens (tertiary/aromatic N) is 1. The monoisotopic (exact) mass is 457 g/mol. The second-order valence-corrected chi connectivity index (χ2v) is 7.55. The summed E-state index contributed by atoms with van der Waals surface area (Å²) in [5.41, 5.74) is 0.779. The van der Waals surface area contributed by atoms with E-state index < -0.39 is 9.84 Å². The van der Waals surface area contributed by atoms with Gasteiger partial charge in [0.25, 0.3) is 0 Å². The van der Waals surface area contributed by atoms with Crippen LogP contribution in [0.3, 0.4) is 0 Å². The van der Waals surface area contributed by atoms with Crippen molar-refractivity contribution in [1.82, 2.24) is 10.6 Å². The second kappa shape index (κ2) is 10.8. The number of guanidine groups is 1. The minimum Gasteiger partial charge on any atom is -0.357 e. The van der Waals surface area contributed by atoms with Crippen molar-refractivity contribution in [3.63, 3.8) is 0 Å². The topological polar surface area (TPSA) is 70.6 Å². The first kappa shape index (κ1) is 22.1. The molecule has 8 heteroatoms. The van der Waals surface area contributed by atoms with Crippen LogP contribution in [0.25, 0.3) is 0 Å². The third kappa shape index (κ3) is 10.5. The maximum atomic E-state index is 13.1. The highest BCUT2D eigenvalue weighted by atomic mass is 127. The number of halogens is 2. The van der Waals surface area contributed by atoms with Crippen LogP contribution in [-0.2, 0) is 16.4 Å². The van der Waals surface area contributed by atoms with Crippen LogP contribution in [0.2, 0.25) is 0 Å². The zero-order valence-corrected chi connectivity index (χ0v) is 16.8. The van der Waals surface area contributed by atoms with Gasteiger partial charge in [-0.15, -0.1) is 24.0 Å². The van der Waals surface area contributed by atoms with Gasteiger partial charge in [0, 0.05) is 18.8 Å². The summed E-state index contributed by atoms with van der Waals surface area (Å²) in [6.07, 6.45) is 1.73. The Morgan fingerprint density at radius 2 is 2.09 bits per heavy atom. The third-order valence-corrected chi connectivity index (χ3v) is 3.94. The fourth-order valence-corrected chi connectivity index (χ4v) is 2.60. The summed E-state index contributed by atoms with van der Waals surface area (Å²) in [6.45, 7) is 4.89. The van der Waals surface area contributed by atoms with Crippen molar-refractivity contribution in [1.29, 1.82) is 0 Å². The lowest BCUT2D eigenvalue weighted by molar-refractivity contribution is 0.581. The Balaban J connectivity index is 0.00000484. The van der Waals surface area contributed by atoms with Crippen molar-refractivity contribution in [3.05, 3.63) is 35.6 Å². The molecule has 0 bridgehead atoms. The first-order chi connectivity index (χ1) is 10.3. The minimum atomic E-state index is -2.97. The molecule has 5 nitrogen and oxygen atoms in total. The fraction of sp³-hybridized carbons (Fsp3) is 0.533. The Hall–Kier alpha value is -0.900. The molecule has 1 aromatic carbocycles. The van der Waals surface area contributed by atoms with Gasteiger partial charge in [-0.05, 0) is 38.0 Å². The Kier molecular flexibility index (Phi) is 10.4. The summed E-state index contributed by atoms with van der Waals surface area (Å²) < 4.78 is 35.5. The second-order valence-electron chi connectivity index (χ2n) is 5.29. The summed E-state index contributed by atoms with van der Waals surface area (Å²) in [7, 11) is -2.97. The van der Waals surface area contributed by atoms with Gasteiger partial charge in [-0.3, -0.25) is 0 Å². The van der Waals surface area contributed by atoms with Gasteiger partial charge >= 0.3 is 0 Å². The van der Waals surface area contributed by atoms with Gasteiger partial charge in [0.05, 0.1) is 12.3 Å². The van der Waals surface area contributed by atoms with E-state index in [1.807, 2.05) is 19.9 Å². The highest BCUT2D eigenvalue weighted by molar-refractivity contribution is 14.0. The summed E-state index contributed by atoms with van der Waals surface area (Å²) in [4.78, 5) is 4.39. The maximum Gasteiger partial charge on any atom is 0.191 e. The van der Waals surface area contributed by atoms with Gasteiger partial charge in [-0.25, -0.2) is 17.8 Å². The molecule has 0 aliphatic carbocycles. The van der Waals surface area contributed by atoms with E-state index in [9.17, 15) is 12.8 Å². The number of hydrogen-bond donors (Lipinski definition) is 2. The molecule has 1 aromatic rings. The van der Waals surface area contributed by atoms with Gasteiger partial charge in [0.15, 0.2) is 5.96 Å². The molecular formula is C15H25FIN3O2S. The van der Waals surface area contributed by atoms with Crippen LogP contribution in [0, 0.1) is 5.82 Å². The van der Waals surface area contributed by atoms with Crippen molar-refractivity contribution in [3.8, 4) is 0 Å².